The average molecular weight is 253 g/mol. The van der Waals surface area contributed by atoms with E-state index in [1.165, 1.54) is 13.0 Å². The van der Waals surface area contributed by atoms with Crippen LogP contribution in [0.1, 0.15) is 17.3 Å². The molecule has 0 amide bonds. The van der Waals surface area contributed by atoms with Gasteiger partial charge >= 0.3 is 0 Å². The second kappa shape index (κ2) is 4.20. The van der Waals surface area contributed by atoms with E-state index in [1.807, 2.05) is 24.3 Å². The van der Waals surface area contributed by atoms with Gasteiger partial charge in [0.1, 0.15) is 0 Å². The van der Waals surface area contributed by atoms with Crippen molar-refractivity contribution < 1.29 is 9.90 Å². The van der Waals surface area contributed by atoms with Gasteiger partial charge in [0.25, 0.3) is 0 Å². The number of benzene rings is 1. The normalized spacial score (nSPS) is 10.8. The molecule has 19 heavy (non-hydrogen) atoms. The summed E-state index contributed by atoms with van der Waals surface area (Å²) in [5, 5.41) is 17.6. The number of nitrogens with zero attached hydrogens (tertiary/aromatic N) is 3. The minimum absolute atomic E-state index is 0.00156. The molecule has 0 saturated heterocycles. The summed E-state index contributed by atoms with van der Waals surface area (Å²) >= 11 is 0. The second-order valence-electron chi connectivity index (χ2n) is 4.24. The van der Waals surface area contributed by atoms with Crippen molar-refractivity contribution in [3.05, 3.63) is 48.2 Å². The fourth-order valence-electron chi connectivity index (χ4n) is 2.10. The fourth-order valence-corrected chi connectivity index (χ4v) is 2.10. The van der Waals surface area contributed by atoms with Crippen LogP contribution in [0, 0.1) is 0 Å². The van der Waals surface area contributed by atoms with Crippen molar-refractivity contribution in [3.63, 3.8) is 0 Å². The van der Waals surface area contributed by atoms with Gasteiger partial charge in [-0.25, -0.2) is 0 Å². The van der Waals surface area contributed by atoms with E-state index in [2.05, 4.69) is 10.2 Å². The monoisotopic (exact) mass is 253 g/mol. The van der Waals surface area contributed by atoms with Crippen LogP contribution in [-0.2, 0) is 0 Å². The van der Waals surface area contributed by atoms with Gasteiger partial charge in [-0.05, 0) is 19.1 Å². The Morgan fingerprint density at radius 3 is 2.63 bits per heavy atom. The molecule has 0 spiro atoms. The summed E-state index contributed by atoms with van der Waals surface area (Å²) < 4.78 is 1.79. The first kappa shape index (κ1) is 11.4. The molecule has 2 heterocycles. The summed E-state index contributed by atoms with van der Waals surface area (Å²) in [6, 6.07) is 10.7. The molecule has 0 radical (unpaired) electrons. The van der Waals surface area contributed by atoms with E-state index in [0.717, 1.165) is 10.9 Å². The number of carbonyl (C=O) groups excluding carboxylic acids is 1. The number of hydrogen-bond acceptors (Lipinski definition) is 4. The Kier molecular flexibility index (Phi) is 2.52. The zero-order valence-corrected chi connectivity index (χ0v) is 10.2. The smallest absolute Gasteiger partial charge is 0.231 e. The van der Waals surface area contributed by atoms with Crippen molar-refractivity contribution in [2.75, 3.05) is 0 Å². The number of rotatable bonds is 2. The number of para-hydroxylation sites is 1. The fraction of sp³-hybridized carbons (Fsp3) is 0.0714. The Balaban J connectivity index is 2.29. The van der Waals surface area contributed by atoms with Gasteiger partial charge in [0.15, 0.2) is 11.6 Å². The van der Waals surface area contributed by atoms with Crippen LogP contribution in [0.3, 0.4) is 0 Å². The minimum Gasteiger partial charge on any atom is -0.492 e. The highest BCUT2D eigenvalue weighted by molar-refractivity contribution is 6.07. The Morgan fingerprint density at radius 1 is 1.16 bits per heavy atom. The molecule has 0 saturated carbocycles. The lowest BCUT2D eigenvalue weighted by Gasteiger charge is -2.02. The molecule has 0 aliphatic rings. The molecule has 0 unspecified atom stereocenters. The number of carbonyl (C=O) groups is 1. The lowest BCUT2D eigenvalue weighted by atomic mass is 10.1. The topological polar surface area (TPSA) is 68.0 Å². The van der Waals surface area contributed by atoms with E-state index in [0.29, 0.717) is 11.4 Å². The minimum atomic E-state index is -0.132. The second-order valence-corrected chi connectivity index (χ2v) is 4.24. The van der Waals surface area contributed by atoms with Gasteiger partial charge < -0.3 is 5.11 Å². The van der Waals surface area contributed by atoms with Gasteiger partial charge in [-0.2, -0.15) is 0 Å². The molecule has 0 aliphatic heterocycles. The molecule has 0 aliphatic carbocycles. The van der Waals surface area contributed by atoms with Gasteiger partial charge in [0.2, 0.25) is 5.88 Å². The molecule has 5 heteroatoms. The molecular weight excluding hydrogens is 242 g/mol. The standard InChI is InChI=1S/C14H11N3O2/c1-9(18)11-8-17(12-5-3-2-4-10(11)12)13-6-7-14(19)16-15-13/h2-8H,1H3,(H,16,19). The zero-order valence-electron chi connectivity index (χ0n) is 10.2. The molecule has 0 bridgehead atoms. The molecule has 5 nitrogen and oxygen atoms in total. The first-order valence-electron chi connectivity index (χ1n) is 5.81. The first-order valence-corrected chi connectivity index (χ1v) is 5.81. The molecule has 2 aromatic heterocycles. The Hall–Kier alpha value is -2.69. The van der Waals surface area contributed by atoms with Crippen LogP contribution in [0.4, 0.5) is 0 Å². The summed E-state index contributed by atoms with van der Waals surface area (Å²) in [5.41, 5.74) is 1.53. The summed E-state index contributed by atoms with van der Waals surface area (Å²) in [5.74, 6) is 0.426. The lowest BCUT2D eigenvalue weighted by molar-refractivity contribution is 0.101. The van der Waals surface area contributed by atoms with Crippen molar-refractivity contribution in [3.8, 4) is 11.7 Å². The van der Waals surface area contributed by atoms with Crippen LogP contribution < -0.4 is 0 Å². The van der Waals surface area contributed by atoms with Gasteiger partial charge in [0.05, 0.1) is 5.52 Å². The SMILES string of the molecule is CC(=O)c1cn(-c2ccc(O)nn2)c2ccccc12. The van der Waals surface area contributed by atoms with E-state index in [1.54, 1.807) is 16.8 Å². The third-order valence-corrected chi connectivity index (χ3v) is 2.97. The predicted molar refractivity (Wildman–Crippen MR) is 70.5 cm³/mol. The van der Waals surface area contributed by atoms with E-state index in [4.69, 9.17) is 0 Å². The molecular formula is C14H11N3O2. The maximum absolute atomic E-state index is 11.7. The number of aromatic hydroxyl groups is 1. The number of Topliss-reactive ketones (excluding diaryl/α,β-unsaturated/α-hetero) is 1. The highest BCUT2D eigenvalue weighted by atomic mass is 16.3. The summed E-state index contributed by atoms with van der Waals surface area (Å²) in [6.45, 7) is 1.54. The first-order chi connectivity index (χ1) is 9.16. The largest absolute Gasteiger partial charge is 0.492 e. The maximum atomic E-state index is 11.7. The number of aromatic nitrogens is 3. The van der Waals surface area contributed by atoms with Crippen LogP contribution in [0.5, 0.6) is 5.88 Å². The van der Waals surface area contributed by atoms with Crippen molar-refractivity contribution >= 4 is 16.7 Å². The molecule has 1 aromatic carbocycles. The number of fused-ring (bicyclic) bond motifs is 1. The van der Waals surface area contributed by atoms with E-state index >= 15 is 0 Å². The van der Waals surface area contributed by atoms with E-state index in [9.17, 15) is 9.90 Å². The molecule has 3 rings (SSSR count). The average Bonchev–Trinajstić information content (AvgIpc) is 2.79. The maximum Gasteiger partial charge on any atom is 0.231 e. The molecule has 94 valence electrons. The van der Waals surface area contributed by atoms with Gasteiger partial charge in [-0.15, -0.1) is 10.2 Å². The predicted octanol–water partition coefficient (Wildman–Crippen LogP) is 2.33. The quantitative estimate of drug-likeness (QED) is 0.712. The molecule has 3 aromatic rings. The van der Waals surface area contributed by atoms with Crippen LogP contribution in [0.15, 0.2) is 42.6 Å². The number of ketones is 1. The third kappa shape index (κ3) is 1.85. The molecule has 0 fully saturated rings. The summed E-state index contributed by atoms with van der Waals surface area (Å²) in [6.07, 6.45) is 1.74. The molecule has 1 N–H and O–H groups in total. The van der Waals surface area contributed by atoms with Gasteiger partial charge in [-0.1, -0.05) is 18.2 Å². The summed E-state index contributed by atoms with van der Waals surface area (Å²) in [7, 11) is 0. The van der Waals surface area contributed by atoms with E-state index < -0.39 is 0 Å². The third-order valence-electron chi connectivity index (χ3n) is 2.97. The lowest BCUT2D eigenvalue weighted by Crippen LogP contribution is -1.97. The van der Waals surface area contributed by atoms with Gasteiger partial charge in [0, 0.05) is 23.2 Å². The summed E-state index contributed by atoms with van der Waals surface area (Å²) in [4.78, 5) is 11.7. The Labute approximate surface area is 109 Å². The van der Waals surface area contributed by atoms with Crippen molar-refractivity contribution in [2.45, 2.75) is 6.92 Å². The highest BCUT2D eigenvalue weighted by Gasteiger charge is 2.13. The van der Waals surface area contributed by atoms with E-state index in [-0.39, 0.29) is 11.7 Å². The van der Waals surface area contributed by atoms with Crippen LogP contribution >= 0.6 is 0 Å². The Bertz CT molecular complexity index is 760. The van der Waals surface area contributed by atoms with Crippen LogP contribution in [0.2, 0.25) is 0 Å². The molecule has 0 atom stereocenters. The Morgan fingerprint density at radius 2 is 1.95 bits per heavy atom. The van der Waals surface area contributed by atoms with Gasteiger partial charge in [-0.3, -0.25) is 9.36 Å². The zero-order chi connectivity index (χ0) is 13.4. The van der Waals surface area contributed by atoms with Crippen LogP contribution in [-0.4, -0.2) is 25.7 Å². The number of hydrogen-bond donors (Lipinski definition) is 1. The highest BCUT2D eigenvalue weighted by Crippen LogP contribution is 2.24. The van der Waals surface area contributed by atoms with Crippen molar-refractivity contribution in [1.82, 2.24) is 14.8 Å². The van der Waals surface area contributed by atoms with Crippen molar-refractivity contribution in [2.24, 2.45) is 0 Å². The van der Waals surface area contributed by atoms with Crippen molar-refractivity contribution in [1.29, 1.82) is 0 Å². The van der Waals surface area contributed by atoms with Crippen LogP contribution in [0.25, 0.3) is 16.7 Å².